The first kappa shape index (κ1) is 9.67. The molecule has 4 heteroatoms. The molecule has 0 fully saturated rings. The summed E-state index contributed by atoms with van der Waals surface area (Å²) in [7, 11) is 1.66. The van der Waals surface area contributed by atoms with Crippen molar-refractivity contribution in [2.24, 2.45) is 0 Å². The summed E-state index contributed by atoms with van der Waals surface area (Å²) in [6.07, 6.45) is 0. The quantitative estimate of drug-likeness (QED) is 0.653. The molecule has 1 rings (SSSR count). The standard InChI is InChI=1S/C9H10N2OS/c1-10-9(13)11-8(12)7-5-3-2-4-6-7/h2-6H,1H3,(H2,10,11,12,13). The van der Waals surface area contributed by atoms with Gasteiger partial charge in [-0.1, -0.05) is 18.2 Å². The van der Waals surface area contributed by atoms with E-state index in [0.29, 0.717) is 10.7 Å². The third-order valence-electron chi connectivity index (χ3n) is 1.49. The first-order valence-corrected chi connectivity index (χ1v) is 4.23. The van der Waals surface area contributed by atoms with Crippen LogP contribution in [0.3, 0.4) is 0 Å². The highest BCUT2D eigenvalue weighted by Gasteiger charge is 2.04. The van der Waals surface area contributed by atoms with Crippen molar-refractivity contribution in [1.82, 2.24) is 10.6 Å². The van der Waals surface area contributed by atoms with Crippen LogP contribution in [0.1, 0.15) is 10.4 Å². The molecule has 0 aliphatic rings. The third kappa shape index (κ3) is 2.83. The predicted octanol–water partition coefficient (Wildman–Crippen LogP) is 0.921. The summed E-state index contributed by atoms with van der Waals surface area (Å²) in [5, 5.41) is 5.52. The third-order valence-corrected chi connectivity index (χ3v) is 1.80. The topological polar surface area (TPSA) is 41.1 Å². The molecule has 1 aromatic carbocycles. The van der Waals surface area contributed by atoms with E-state index < -0.39 is 0 Å². The number of thiocarbonyl (C=S) groups is 1. The van der Waals surface area contributed by atoms with Gasteiger partial charge in [0.05, 0.1) is 0 Å². The molecular weight excluding hydrogens is 184 g/mol. The highest BCUT2D eigenvalue weighted by molar-refractivity contribution is 7.80. The molecule has 2 N–H and O–H groups in total. The van der Waals surface area contributed by atoms with Crippen LogP contribution >= 0.6 is 12.2 Å². The van der Waals surface area contributed by atoms with Crippen LogP contribution < -0.4 is 10.6 Å². The van der Waals surface area contributed by atoms with Crippen LogP contribution in [0, 0.1) is 0 Å². The second-order valence-corrected chi connectivity index (χ2v) is 2.81. The lowest BCUT2D eigenvalue weighted by Gasteiger charge is -2.04. The van der Waals surface area contributed by atoms with Gasteiger partial charge in [-0.25, -0.2) is 0 Å². The van der Waals surface area contributed by atoms with Crippen molar-refractivity contribution in [2.75, 3.05) is 7.05 Å². The van der Waals surface area contributed by atoms with Gasteiger partial charge in [-0.3, -0.25) is 10.1 Å². The summed E-state index contributed by atoms with van der Waals surface area (Å²) >= 11 is 4.79. The highest BCUT2D eigenvalue weighted by atomic mass is 32.1. The highest BCUT2D eigenvalue weighted by Crippen LogP contribution is 1.97. The maximum Gasteiger partial charge on any atom is 0.257 e. The molecule has 0 atom stereocenters. The first-order valence-electron chi connectivity index (χ1n) is 3.82. The molecule has 13 heavy (non-hydrogen) atoms. The SMILES string of the molecule is CNC(=S)NC(=O)c1ccccc1. The van der Waals surface area contributed by atoms with E-state index >= 15 is 0 Å². The number of benzene rings is 1. The normalized spacial score (nSPS) is 9.00. The van der Waals surface area contributed by atoms with Crippen molar-refractivity contribution in [2.45, 2.75) is 0 Å². The van der Waals surface area contributed by atoms with E-state index in [4.69, 9.17) is 12.2 Å². The molecule has 0 unspecified atom stereocenters. The van der Waals surface area contributed by atoms with Gasteiger partial charge >= 0.3 is 0 Å². The summed E-state index contributed by atoms with van der Waals surface area (Å²) in [6.45, 7) is 0. The van der Waals surface area contributed by atoms with E-state index in [2.05, 4.69) is 10.6 Å². The number of carbonyl (C=O) groups is 1. The average molecular weight is 194 g/mol. The van der Waals surface area contributed by atoms with E-state index in [1.54, 1.807) is 31.3 Å². The lowest BCUT2D eigenvalue weighted by Crippen LogP contribution is -2.37. The molecule has 1 aromatic rings. The number of hydrogen-bond acceptors (Lipinski definition) is 2. The smallest absolute Gasteiger partial charge is 0.257 e. The monoisotopic (exact) mass is 194 g/mol. The summed E-state index contributed by atoms with van der Waals surface area (Å²) < 4.78 is 0. The molecule has 0 spiro atoms. The molecule has 0 aromatic heterocycles. The zero-order chi connectivity index (χ0) is 9.68. The molecular formula is C9H10N2OS. The van der Waals surface area contributed by atoms with Crippen LogP contribution in [0.2, 0.25) is 0 Å². The van der Waals surface area contributed by atoms with Crippen molar-refractivity contribution in [3.05, 3.63) is 35.9 Å². The maximum absolute atomic E-state index is 11.4. The molecule has 68 valence electrons. The Morgan fingerprint density at radius 2 is 1.92 bits per heavy atom. The lowest BCUT2D eigenvalue weighted by atomic mass is 10.2. The molecule has 3 nitrogen and oxygen atoms in total. The molecule has 1 amide bonds. The fraction of sp³-hybridized carbons (Fsp3) is 0.111. The van der Waals surface area contributed by atoms with Crippen molar-refractivity contribution in [1.29, 1.82) is 0 Å². The Balaban J connectivity index is 2.65. The minimum absolute atomic E-state index is 0.194. The van der Waals surface area contributed by atoms with Crippen molar-refractivity contribution >= 4 is 23.2 Å². The molecule has 0 radical (unpaired) electrons. The van der Waals surface area contributed by atoms with E-state index in [-0.39, 0.29) is 5.91 Å². The van der Waals surface area contributed by atoms with Crippen molar-refractivity contribution in [3.63, 3.8) is 0 Å². The summed E-state index contributed by atoms with van der Waals surface area (Å²) in [4.78, 5) is 11.4. The van der Waals surface area contributed by atoms with E-state index in [1.807, 2.05) is 6.07 Å². The van der Waals surface area contributed by atoms with Gasteiger partial charge in [0.2, 0.25) is 0 Å². The lowest BCUT2D eigenvalue weighted by molar-refractivity contribution is 0.0977. The Morgan fingerprint density at radius 3 is 2.46 bits per heavy atom. The fourth-order valence-electron chi connectivity index (χ4n) is 0.827. The second-order valence-electron chi connectivity index (χ2n) is 2.40. The molecule has 0 heterocycles. The van der Waals surface area contributed by atoms with Crippen molar-refractivity contribution in [3.8, 4) is 0 Å². The second kappa shape index (κ2) is 4.57. The van der Waals surface area contributed by atoms with E-state index in [0.717, 1.165) is 0 Å². The average Bonchev–Trinajstić information content (AvgIpc) is 2.19. The van der Waals surface area contributed by atoms with Crippen LogP contribution in [0.5, 0.6) is 0 Å². The molecule has 0 saturated carbocycles. The number of amides is 1. The van der Waals surface area contributed by atoms with Gasteiger partial charge in [0.15, 0.2) is 5.11 Å². The number of nitrogens with one attached hydrogen (secondary N) is 2. The van der Waals surface area contributed by atoms with E-state index in [1.165, 1.54) is 0 Å². The van der Waals surface area contributed by atoms with Gasteiger partial charge in [-0.05, 0) is 24.4 Å². The van der Waals surface area contributed by atoms with Gasteiger partial charge in [0.25, 0.3) is 5.91 Å². The van der Waals surface area contributed by atoms with E-state index in [9.17, 15) is 4.79 Å². The zero-order valence-corrected chi connectivity index (χ0v) is 8.02. The fourth-order valence-corrected chi connectivity index (χ4v) is 0.920. The number of hydrogen-bond donors (Lipinski definition) is 2. The van der Waals surface area contributed by atoms with Gasteiger partial charge in [-0.2, -0.15) is 0 Å². The predicted molar refractivity (Wildman–Crippen MR) is 55.6 cm³/mol. The van der Waals surface area contributed by atoms with Gasteiger partial charge < -0.3 is 5.32 Å². The molecule has 0 bridgehead atoms. The van der Waals surface area contributed by atoms with Crippen molar-refractivity contribution < 1.29 is 4.79 Å². The molecule has 0 aliphatic carbocycles. The Morgan fingerprint density at radius 1 is 1.31 bits per heavy atom. The van der Waals surface area contributed by atoms with Crippen LogP contribution in [0.15, 0.2) is 30.3 Å². The minimum atomic E-state index is -0.194. The summed E-state index contributed by atoms with van der Waals surface area (Å²) in [5.74, 6) is -0.194. The number of carbonyl (C=O) groups excluding carboxylic acids is 1. The summed E-state index contributed by atoms with van der Waals surface area (Å²) in [5.41, 5.74) is 0.597. The largest absolute Gasteiger partial charge is 0.365 e. The van der Waals surface area contributed by atoms with Gasteiger partial charge in [0, 0.05) is 12.6 Å². The van der Waals surface area contributed by atoms with Crippen LogP contribution in [0.4, 0.5) is 0 Å². The zero-order valence-electron chi connectivity index (χ0n) is 7.20. The molecule has 0 aliphatic heterocycles. The Kier molecular flexibility index (Phi) is 3.40. The first-order chi connectivity index (χ1) is 6.24. The Labute approximate surface area is 82.1 Å². The van der Waals surface area contributed by atoms with Gasteiger partial charge in [0.1, 0.15) is 0 Å². The van der Waals surface area contributed by atoms with Crippen LogP contribution in [0.25, 0.3) is 0 Å². The Bertz CT molecular complexity index is 311. The van der Waals surface area contributed by atoms with Crippen LogP contribution in [-0.2, 0) is 0 Å². The maximum atomic E-state index is 11.4. The van der Waals surface area contributed by atoms with Gasteiger partial charge in [-0.15, -0.1) is 0 Å². The minimum Gasteiger partial charge on any atom is -0.365 e. The van der Waals surface area contributed by atoms with Crippen LogP contribution in [-0.4, -0.2) is 18.1 Å². The Hall–Kier alpha value is -1.42. The number of rotatable bonds is 1. The molecule has 0 saturated heterocycles. The summed E-state index contributed by atoms with van der Waals surface area (Å²) in [6, 6.07) is 8.92.